The molecule has 1 aromatic rings. The molecule has 4 fully saturated rings. The summed E-state index contributed by atoms with van der Waals surface area (Å²) in [6, 6.07) is 4.63. The molecule has 4 aliphatic carbocycles. The third-order valence-corrected chi connectivity index (χ3v) is 6.43. The van der Waals surface area contributed by atoms with Crippen LogP contribution in [0.2, 0.25) is 0 Å². The van der Waals surface area contributed by atoms with Crippen LogP contribution >= 0.6 is 0 Å². The highest BCUT2D eigenvalue weighted by atomic mass is 16.6. The molecular weight excluding hydrogens is 338 g/mol. The van der Waals surface area contributed by atoms with E-state index in [1.807, 2.05) is 0 Å². The van der Waals surface area contributed by atoms with E-state index >= 15 is 0 Å². The Balaban J connectivity index is 1.56. The first-order valence-electron chi connectivity index (χ1n) is 9.03. The minimum atomic E-state index is -0.467. The van der Waals surface area contributed by atoms with Gasteiger partial charge in [-0.1, -0.05) is 0 Å². The number of benzene rings is 1. The maximum atomic E-state index is 12.4. The summed E-state index contributed by atoms with van der Waals surface area (Å²) in [7, 11) is 2.88. The topological polar surface area (TPSA) is 87.9 Å². The minimum Gasteiger partial charge on any atom is -0.490 e. The SMILES string of the molecule is COC(=O)C12CC3CC(C1)C(Oc1ccc([N+](=O)[O-])c(OC)c1)C(C3)C2. The molecule has 0 amide bonds. The molecule has 7 heteroatoms. The smallest absolute Gasteiger partial charge is 0.311 e. The standard InChI is InChI=1S/C19H23NO6/c1-24-16-7-14(3-4-15(16)20(22)23)26-17-12-5-11-6-13(17)10-19(8-11,9-12)18(21)25-2/h3-4,7,11-13,17H,5-6,8-10H2,1-2H3. The van der Waals surface area contributed by atoms with E-state index in [9.17, 15) is 14.9 Å². The summed E-state index contributed by atoms with van der Waals surface area (Å²) in [5.74, 6) is 1.91. The van der Waals surface area contributed by atoms with Crippen LogP contribution in [0, 0.1) is 33.3 Å². The summed E-state index contributed by atoms with van der Waals surface area (Å²) < 4.78 is 16.5. The van der Waals surface area contributed by atoms with Crippen molar-refractivity contribution in [3.63, 3.8) is 0 Å². The molecule has 140 valence electrons. The minimum absolute atomic E-state index is 0.0375. The van der Waals surface area contributed by atoms with Crippen molar-refractivity contribution in [3.8, 4) is 11.5 Å². The molecule has 7 nitrogen and oxygen atoms in total. The van der Waals surface area contributed by atoms with Crippen LogP contribution in [0.25, 0.3) is 0 Å². The van der Waals surface area contributed by atoms with E-state index in [0.29, 0.717) is 23.5 Å². The second kappa shape index (κ2) is 6.14. The Morgan fingerprint density at radius 1 is 1.19 bits per heavy atom. The maximum Gasteiger partial charge on any atom is 0.311 e. The lowest BCUT2D eigenvalue weighted by molar-refractivity contribution is -0.385. The predicted octanol–water partition coefficient (Wildman–Crippen LogP) is 3.35. The first kappa shape index (κ1) is 17.1. The number of carbonyl (C=O) groups excluding carboxylic acids is 1. The van der Waals surface area contributed by atoms with Crippen molar-refractivity contribution < 1.29 is 23.9 Å². The maximum absolute atomic E-state index is 12.4. The fourth-order valence-corrected chi connectivity index (χ4v) is 5.68. The number of ether oxygens (including phenoxy) is 3. The molecule has 0 aliphatic heterocycles. The Hall–Kier alpha value is -2.31. The number of hydrogen-bond acceptors (Lipinski definition) is 6. The van der Waals surface area contributed by atoms with E-state index < -0.39 is 4.92 Å². The summed E-state index contributed by atoms with van der Waals surface area (Å²) in [5.41, 5.74) is -0.410. The number of methoxy groups -OCH3 is 2. The molecule has 4 bridgehead atoms. The quantitative estimate of drug-likeness (QED) is 0.454. The van der Waals surface area contributed by atoms with Gasteiger partial charge in [-0.3, -0.25) is 14.9 Å². The molecule has 0 radical (unpaired) electrons. The summed E-state index contributed by atoms with van der Waals surface area (Å²) in [4.78, 5) is 23.0. The number of rotatable bonds is 5. The van der Waals surface area contributed by atoms with Gasteiger partial charge < -0.3 is 14.2 Å². The summed E-state index contributed by atoms with van der Waals surface area (Å²) in [6.07, 6.45) is 4.73. The predicted molar refractivity (Wildman–Crippen MR) is 92.1 cm³/mol. The summed E-state index contributed by atoms with van der Waals surface area (Å²) >= 11 is 0. The average Bonchev–Trinajstić information content (AvgIpc) is 2.63. The molecule has 4 aliphatic rings. The highest BCUT2D eigenvalue weighted by Crippen LogP contribution is 2.61. The number of nitrogens with zero attached hydrogens (tertiary/aromatic N) is 1. The Labute approximate surface area is 151 Å². The van der Waals surface area contributed by atoms with Crippen molar-refractivity contribution in [2.75, 3.05) is 14.2 Å². The number of nitro benzene ring substituents is 1. The number of nitro groups is 1. The molecule has 1 aromatic carbocycles. The largest absolute Gasteiger partial charge is 0.490 e. The fourth-order valence-electron chi connectivity index (χ4n) is 5.68. The second-order valence-electron chi connectivity index (χ2n) is 7.92. The van der Waals surface area contributed by atoms with Crippen molar-refractivity contribution in [3.05, 3.63) is 28.3 Å². The normalized spacial score (nSPS) is 34.4. The highest BCUT2D eigenvalue weighted by Gasteiger charge is 2.59. The molecule has 26 heavy (non-hydrogen) atoms. The van der Waals surface area contributed by atoms with E-state index in [0.717, 1.165) is 32.1 Å². The number of esters is 1. The molecule has 2 unspecified atom stereocenters. The molecule has 0 saturated heterocycles. The van der Waals surface area contributed by atoms with E-state index in [1.165, 1.54) is 20.3 Å². The first-order chi connectivity index (χ1) is 12.5. The third kappa shape index (κ3) is 2.61. The van der Waals surface area contributed by atoms with Crippen LogP contribution in [0.1, 0.15) is 32.1 Å². The van der Waals surface area contributed by atoms with Gasteiger partial charge in [-0.25, -0.2) is 0 Å². The van der Waals surface area contributed by atoms with Crippen molar-refractivity contribution in [2.24, 2.45) is 23.2 Å². The molecule has 0 N–H and O–H groups in total. The molecule has 5 rings (SSSR count). The van der Waals surface area contributed by atoms with Gasteiger partial charge in [0.15, 0.2) is 0 Å². The number of hydrogen-bond donors (Lipinski definition) is 0. The lowest BCUT2D eigenvalue weighted by Gasteiger charge is -2.58. The lowest BCUT2D eigenvalue weighted by atomic mass is 9.48. The van der Waals surface area contributed by atoms with Crippen LogP contribution in [0.4, 0.5) is 5.69 Å². The van der Waals surface area contributed by atoms with Crippen LogP contribution in [0.15, 0.2) is 18.2 Å². The zero-order valence-corrected chi connectivity index (χ0v) is 15.0. The van der Waals surface area contributed by atoms with Gasteiger partial charge in [0.1, 0.15) is 11.9 Å². The fraction of sp³-hybridized carbons (Fsp3) is 0.632. The van der Waals surface area contributed by atoms with Gasteiger partial charge in [0, 0.05) is 12.1 Å². The average molecular weight is 361 g/mol. The highest BCUT2D eigenvalue weighted by molar-refractivity contribution is 5.77. The van der Waals surface area contributed by atoms with Gasteiger partial charge in [-0.2, -0.15) is 0 Å². The zero-order chi connectivity index (χ0) is 18.5. The van der Waals surface area contributed by atoms with Gasteiger partial charge in [0.2, 0.25) is 5.75 Å². The van der Waals surface area contributed by atoms with Gasteiger partial charge >= 0.3 is 11.7 Å². The zero-order valence-electron chi connectivity index (χ0n) is 15.0. The van der Waals surface area contributed by atoms with E-state index in [-0.39, 0.29) is 28.9 Å². The van der Waals surface area contributed by atoms with Crippen LogP contribution in [-0.2, 0) is 9.53 Å². The molecule has 0 heterocycles. The van der Waals surface area contributed by atoms with Crippen LogP contribution < -0.4 is 9.47 Å². The Kier molecular flexibility index (Phi) is 4.04. The van der Waals surface area contributed by atoms with Crippen LogP contribution in [-0.4, -0.2) is 31.2 Å². The molecular formula is C19H23NO6. The van der Waals surface area contributed by atoms with E-state index in [4.69, 9.17) is 14.2 Å². The van der Waals surface area contributed by atoms with Gasteiger partial charge in [-0.05, 0) is 55.9 Å². The molecule has 2 atom stereocenters. The molecule has 4 saturated carbocycles. The number of carbonyl (C=O) groups is 1. The first-order valence-corrected chi connectivity index (χ1v) is 9.03. The van der Waals surface area contributed by atoms with Crippen LogP contribution in [0.3, 0.4) is 0 Å². The Morgan fingerprint density at radius 2 is 1.88 bits per heavy atom. The monoisotopic (exact) mass is 361 g/mol. The lowest BCUT2D eigenvalue weighted by Crippen LogP contribution is -2.58. The van der Waals surface area contributed by atoms with Crippen molar-refractivity contribution >= 4 is 11.7 Å². The van der Waals surface area contributed by atoms with Crippen molar-refractivity contribution in [1.29, 1.82) is 0 Å². The van der Waals surface area contributed by atoms with Crippen LogP contribution in [0.5, 0.6) is 11.5 Å². The third-order valence-electron chi connectivity index (χ3n) is 6.43. The van der Waals surface area contributed by atoms with E-state index in [2.05, 4.69) is 0 Å². The van der Waals surface area contributed by atoms with Crippen molar-refractivity contribution in [1.82, 2.24) is 0 Å². The Bertz CT molecular complexity index is 732. The van der Waals surface area contributed by atoms with Gasteiger partial charge in [0.05, 0.1) is 24.6 Å². The van der Waals surface area contributed by atoms with Gasteiger partial charge in [0.25, 0.3) is 0 Å². The second-order valence-corrected chi connectivity index (χ2v) is 7.92. The summed E-state index contributed by atoms with van der Waals surface area (Å²) in [6.45, 7) is 0. The van der Waals surface area contributed by atoms with Crippen molar-refractivity contribution in [2.45, 2.75) is 38.2 Å². The van der Waals surface area contributed by atoms with E-state index in [1.54, 1.807) is 12.1 Å². The summed E-state index contributed by atoms with van der Waals surface area (Å²) in [5, 5.41) is 11.1. The van der Waals surface area contributed by atoms with Gasteiger partial charge in [-0.15, -0.1) is 0 Å². The Morgan fingerprint density at radius 3 is 2.46 bits per heavy atom. The molecule has 0 aromatic heterocycles. The molecule has 0 spiro atoms.